The fourth-order valence-electron chi connectivity index (χ4n) is 1.66. The molecule has 4 nitrogen and oxygen atoms in total. The number of benzene rings is 1. The highest BCUT2D eigenvalue weighted by molar-refractivity contribution is 9.10. The van der Waals surface area contributed by atoms with Crippen molar-refractivity contribution in [3.63, 3.8) is 0 Å². The van der Waals surface area contributed by atoms with Crippen LogP contribution < -0.4 is 5.43 Å². The second-order valence-corrected chi connectivity index (χ2v) is 4.90. The van der Waals surface area contributed by atoms with Gasteiger partial charge in [0.15, 0.2) is 0 Å². The first-order valence-corrected chi connectivity index (χ1v) is 6.52. The summed E-state index contributed by atoms with van der Waals surface area (Å²) < 4.78 is 6.22. The van der Waals surface area contributed by atoms with Gasteiger partial charge >= 0.3 is 0 Å². The van der Waals surface area contributed by atoms with Gasteiger partial charge in [0.25, 0.3) is 5.91 Å². The van der Waals surface area contributed by atoms with Crippen molar-refractivity contribution in [1.29, 1.82) is 0 Å². The number of hydrogen-bond acceptors (Lipinski definition) is 3. The first-order chi connectivity index (χ1) is 9.08. The molecule has 0 spiro atoms. The van der Waals surface area contributed by atoms with Crippen LogP contribution >= 0.6 is 15.9 Å². The Morgan fingerprint density at radius 2 is 2.11 bits per heavy atom. The zero-order valence-corrected chi connectivity index (χ0v) is 12.2. The Labute approximate surface area is 119 Å². The molecule has 1 heterocycles. The molecule has 0 saturated carbocycles. The van der Waals surface area contributed by atoms with Crippen LogP contribution in [0.2, 0.25) is 0 Å². The third-order valence-corrected chi connectivity index (χ3v) is 3.28. The quantitative estimate of drug-likeness (QED) is 0.696. The lowest BCUT2D eigenvalue weighted by Gasteiger charge is -1.98. The number of carbonyl (C=O) groups excluding carboxylic acids is 1. The van der Waals surface area contributed by atoms with Crippen molar-refractivity contribution in [3.05, 3.63) is 57.5 Å². The minimum absolute atomic E-state index is 0.280. The number of nitrogens with zero attached hydrogens (tertiary/aromatic N) is 1. The summed E-state index contributed by atoms with van der Waals surface area (Å²) in [7, 11) is 0. The summed E-state index contributed by atoms with van der Waals surface area (Å²) in [5, 5.41) is 3.93. The lowest BCUT2D eigenvalue weighted by atomic mass is 10.2. The molecule has 0 fully saturated rings. The molecule has 19 heavy (non-hydrogen) atoms. The summed E-state index contributed by atoms with van der Waals surface area (Å²) in [6, 6.07) is 9.31. The van der Waals surface area contributed by atoms with Gasteiger partial charge in [0.05, 0.1) is 11.8 Å². The molecule has 0 aliphatic carbocycles. The molecule has 0 saturated heterocycles. The van der Waals surface area contributed by atoms with E-state index in [1.165, 1.54) is 0 Å². The Kier molecular flexibility index (Phi) is 4.16. The van der Waals surface area contributed by atoms with E-state index >= 15 is 0 Å². The highest BCUT2D eigenvalue weighted by atomic mass is 79.9. The van der Waals surface area contributed by atoms with Crippen molar-refractivity contribution >= 4 is 28.1 Å². The topological polar surface area (TPSA) is 54.6 Å². The molecular weight excluding hydrogens is 308 g/mol. The van der Waals surface area contributed by atoms with Gasteiger partial charge in [-0.1, -0.05) is 34.1 Å². The second kappa shape index (κ2) is 5.84. The highest BCUT2D eigenvalue weighted by Gasteiger charge is 2.12. The van der Waals surface area contributed by atoms with Gasteiger partial charge in [0, 0.05) is 10.0 Å². The zero-order valence-electron chi connectivity index (χ0n) is 10.6. The number of rotatable bonds is 3. The monoisotopic (exact) mass is 320 g/mol. The van der Waals surface area contributed by atoms with E-state index in [1.807, 2.05) is 24.3 Å². The SMILES string of the molecule is Cc1cc(C(=O)N/N=C\c2ccccc2Br)c(C)o1. The minimum atomic E-state index is -0.280. The predicted molar refractivity (Wildman–Crippen MR) is 77.4 cm³/mol. The van der Waals surface area contributed by atoms with Crippen LogP contribution in [0.15, 0.2) is 44.3 Å². The van der Waals surface area contributed by atoms with Gasteiger partial charge in [-0.15, -0.1) is 0 Å². The van der Waals surface area contributed by atoms with Crippen LogP contribution in [0.5, 0.6) is 0 Å². The number of aryl methyl sites for hydroxylation is 2. The van der Waals surface area contributed by atoms with Gasteiger partial charge in [-0.2, -0.15) is 5.10 Å². The maximum absolute atomic E-state index is 11.9. The summed E-state index contributed by atoms with van der Waals surface area (Å²) in [6.45, 7) is 3.55. The molecule has 1 aromatic carbocycles. The fourth-order valence-corrected chi connectivity index (χ4v) is 2.04. The summed E-state index contributed by atoms with van der Waals surface area (Å²) in [4.78, 5) is 11.9. The van der Waals surface area contributed by atoms with Crippen LogP contribution in [0.25, 0.3) is 0 Å². The number of halogens is 1. The van der Waals surface area contributed by atoms with Crippen molar-refractivity contribution in [1.82, 2.24) is 5.43 Å². The Morgan fingerprint density at radius 3 is 2.74 bits per heavy atom. The molecule has 5 heteroatoms. The van der Waals surface area contributed by atoms with E-state index in [0.29, 0.717) is 17.1 Å². The minimum Gasteiger partial charge on any atom is -0.466 e. The van der Waals surface area contributed by atoms with Gasteiger partial charge in [0.2, 0.25) is 0 Å². The van der Waals surface area contributed by atoms with Crippen LogP contribution in [0.4, 0.5) is 0 Å². The van der Waals surface area contributed by atoms with Crippen LogP contribution in [0.3, 0.4) is 0 Å². The van der Waals surface area contributed by atoms with E-state index < -0.39 is 0 Å². The van der Waals surface area contributed by atoms with E-state index in [1.54, 1.807) is 26.1 Å². The lowest BCUT2D eigenvalue weighted by Crippen LogP contribution is -2.17. The Morgan fingerprint density at radius 1 is 1.37 bits per heavy atom. The first kappa shape index (κ1) is 13.5. The number of nitrogens with one attached hydrogen (secondary N) is 1. The molecule has 1 aromatic heterocycles. The summed E-state index contributed by atoms with van der Waals surface area (Å²) in [6.07, 6.45) is 1.59. The second-order valence-electron chi connectivity index (χ2n) is 4.05. The molecular formula is C14H13BrN2O2. The number of carbonyl (C=O) groups is 1. The van der Waals surface area contributed by atoms with E-state index in [2.05, 4.69) is 26.5 Å². The molecule has 0 bridgehead atoms. The third-order valence-electron chi connectivity index (χ3n) is 2.56. The number of hydrazone groups is 1. The summed E-state index contributed by atoms with van der Waals surface area (Å²) in [5.74, 6) is 1.01. The molecule has 2 rings (SSSR count). The molecule has 1 amide bonds. The summed E-state index contributed by atoms with van der Waals surface area (Å²) >= 11 is 3.40. The molecule has 98 valence electrons. The molecule has 1 N–H and O–H groups in total. The highest BCUT2D eigenvalue weighted by Crippen LogP contribution is 2.14. The van der Waals surface area contributed by atoms with Gasteiger partial charge in [-0.3, -0.25) is 4.79 Å². The largest absolute Gasteiger partial charge is 0.466 e. The maximum atomic E-state index is 11.9. The van der Waals surface area contributed by atoms with E-state index in [-0.39, 0.29) is 5.91 Å². The number of amides is 1. The van der Waals surface area contributed by atoms with Crippen molar-refractivity contribution in [3.8, 4) is 0 Å². The smallest absolute Gasteiger partial charge is 0.274 e. The first-order valence-electron chi connectivity index (χ1n) is 5.73. The fraction of sp³-hybridized carbons (Fsp3) is 0.143. The molecule has 0 unspecified atom stereocenters. The third kappa shape index (κ3) is 3.32. The van der Waals surface area contributed by atoms with Crippen LogP contribution in [0.1, 0.15) is 27.4 Å². The van der Waals surface area contributed by atoms with Gasteiger partial charge in [-0.25, -0.2) is 5.43 Å². The van der Waals surface area contributed by atoms with Gasteiger partial charge in [-0.05, 0) is 26.0 Å². The van der Waals surface area contributed by atoms with E-state index in [9.17, 15) is 4.79 Å². The van der Waals surface area contributed by atoms with Crippen molar-refractivity contribution in [2.75, 3.05) is 0 Å². The maximum Gasteiger partial charge on any atom is 0.274 e. The van der Waals surface area contributed by atoms with Gasteiger partial charge in [0.1, 0.15) is 11.5 Å². The Balaban J connectivity index is 2.05. The number of furan rings is 1. The molecule has 0 aliphatic rings. The number of hydrogen-bond donors (Lipinski definition) is 1. The normalized spacial score (nSPS) is 10.9. The molecule has 2 aromatic rings. The Hall–Kier alpha value is -1.88. The van der Waals surface area contributed by atoms with Crippen molar-refractivity contribution in [2.45, 2.75) is 13.8 Å². The van der Waals surface area contributed by atoms with Crippen molar-refractivity contribution < 1.29 is 9.21 Å². The zero-order chi connectivity index (χ0) is 13.8. The summed E-state index contributed by atoms with van der Waals surface area (Å²) in [5.41, 5.74) is 3.87. The average molecular weight is 321 g/mol. The molecule has 0 atom stereocenters. The van der Waals surface area contributed by atoms with Crippen LogP contribution in [-0.2, 0) is 0 Å². The van der Waals surface area contributed by atoms with E-state index in [0.717, 1.165) is 10.0 Å². The van der Waals surface area contributed by atoms with Crippen LogP contribution in [0, 0.1) is 13.8 Å². The van der Waals surface area contributed by atoms with Crippen molar-refractivity contribution in [2.24, 2.45) is 5.10 Å². The van der Waals surface area contributed by atoms with E-state index in [4.69, 9.17) is 4.42 Å². The average Bonchev–Trinajstić information content (AvgIpc) is 2.71. The standard InChI is InChI=1S/C14H13BrN2O2/c1-9-7-12(10(2)19-9)14(18)17-16-8-11-5-3-4-6-13(11)15/h3-8H,1-2H3,(H,17,18)/b16-8-. The Bertz CT molecular complexity index is 632. The lowest BCUT2D eigenvalue weighted by molar-refractivity contribution is 0.0953. The molecule has 0 radical (unpaired) electrons. The predicted octanol–water partition coefficient (Wildman–Crippen LogP) is 3.42. The molecule has 0 aliphatic heterocycles. The van der Waals surface area contributed by atoms with Gasteiger partial charge < -0.3 is 4.42 Å². The van der Waals surface area contributed by atoms with Crippen LogP contribution in [-0.4, -0.2) is 12.1 Å².